The number of aliphatic hydroxyl groups excluding tert-OH is 3. The van der Waals surface area contributed by atoms with Crippen LogP contribution in [-0.4, -0.2) is 51.1 Å². The molecule has 0 saturated carbocycles. The van der Waals surface area contributed by atoms with Gasteiger partial charge >= 0.3 is 0 Å². The number of phenolic OH excluding ortho intramolecular Hbond substituents is 1. The second-order valence-electron chi connectivity index (χ2n) is 4.71. The Hall–Kier alpha value is -1.60. The Kier molecular flexibility index (Phi) is 4.61. The molecule has 0 amide bonds. The quantitative estimate of drug-likeness (QED) is 0.591. The molecule has 6 nitrogen and oxygen atoms in total. The molecule has 0 bridgehead atoms. The van der Waals surface area contributed by atoms with Gasteiger partial charge in [0.05, 0.1) is 12.4 Å². The highest BCUT2D eigenvalue weighted by molar-refractivity contribution is 5.49. The average molecular weight is 282 g/mol. The molecule has 0 aliphatic carbocycles. The van der Waals surface area contributed by atoms with Gasteiger partial charge in [0, 0.05) is 0 Å². The molecule has 1 fully saturated rings. The number of hydrogen-bond acceptors (Lipinski definition) is 6. The monoisotopic (exact) mass is 282 g/mol. The van der Waals surface area contributed by atoms with Gasteiger partial charge in [-0.3, -0.25) is 0 Å². The van der Waals surface area contributed by atoms with Crippen LogP contribution in [0.15, 0.2) is 30.5 Å². The van der Waals surface area contributed by atoms with Crippen LogP contribution in [-0.2, 0) is 9.47 Å². The van der Waals surface area contributed by atoms with Crippen LogP contribution in [0.2, 0.25) is 0 Å². The van der Waals surface area contributed by atoms with Crippen molar-refractivity contribution in [3.8, 4) is 5.75 Å². The van der Waals surface area contributed by atoms with E-state index in [1.54, 1.807) is 25.1 Å². The Morgan fingerprint density at radius 2 is 1.70 bits per heavy atom. The fourth-order valence-electron chi connectivity index (χ4n) is 1.91. The van der Waals surface area contributed by atoms with Crippen molar-refractivity contribution in [3.63, 3.8) is 0 Å². The van der Waals surface area contributed by atoms with Crippen LogP contribution in [0.3, 0.4) is 0 Å². The largest absolute Gasteiger partial charge is 0.508 e. The third-order valence-corrected chi connectivity index (χ3v) is 3.17. The molecular formula is C14H18O6. The summed E-state index contributed by atoms with van der Waals surface area (Å²) in [6.45, 7) is 1.58. The smallest absolute Gasteiger partial charge is 0.228 e. The summed E-state index contributed by atoms with van der Waals surface area (Å²) in [5.41, 5.74) is 0.793. The summed E-state index contributed by atoms with van der Waals surface area (Å²) in [6.07, 6.45) is -2.52. The van der Waals surface area contributed by atoms with Crippen molar-refractivity contribution in [2.45, 2.75) is 37.6 Å². The van der Waals surface area contributed by atoms with E-state index in [-0.39, 0.29) is 5.75 Å². The summed E-state index contributed by atoms with van der Waals surface area (Å²) in [7, 11) is 0. The maximum atomic E-state index is 9.73. The second kappa shape index (κ2) is 6.23. The summed E-state index contributed by atoms with van der Waals surface area (Å²) >= 11 is 0. The van der Waals surface area contributed by atoms with Crippen molar-refractivity contribution in [1.29, 1.82) is 0 Å². The first-order valence-corrected chi connectivity index (χ1v) is 6.30. The molecule has 1 aromatic carbocycles. The van der Waals surface area contributed by atoms with Crippen molar-refractivity contribution in [2.75, 3.05) is 0 Å². The summed E-state index contributed by atoms with van der Waals surface area (Å²) in [5, 5.41) is 38.0. The van der Waals surface area contributed by atoms with E-state index in [0.29, 0.717) is 0 Å². The zero-order chi connectivity index (χ0) is 14.7. The zero-order valence-electron chi connectivity index (χ0n) is 11.0. The van der Waals surface area contributed by atoms with E-state index < -0.39 is 30.7 Å². The van der Waals surface area contributed by atoms with Crippen LogP contribution in [0, 0.1) is 0 Å². The maximum absolute atomic E-state index is 9.73. The molecule has 0 aromatic heterocycles. The van der Waals surface area contributed by atoms with Crippen molar-refractivity contribution < 1.29 is 29.9 Å². The lowest BCUT2D eigenvalue weighted by Gasteiger charge is -2.38. The molecule has 4 N–H and O–H groups in total. The zero-order valence-corrected chi connectivity index (χ0v) is 11.0. The molecule has 6 heteroatoms. The van der Waals surface area contributed by atoms with Gasteiger partial charge in [-0.05, 0) is 30.7 Å². The maximum Gasteiger partial charge on any atom is 0.228 e. The Balaban J connectivity index is 1.94. The summed E-state index contributed by atoms with van der Waals surface area (Å²) in [6, 6.07) is 6.45. The Bertz CT molecular complexity index is 457. The lowest BCUT2D eigenvalue weighted by Crippen LogP contribution is -2.56. The molecule has 2 rings (SSSR count). The molecule has 1 aromatic rings. The Morgan fingerprint density at radius 1 is 1.05 bits per heavy atom. The lowest BCUT2D eigenvalue weighted by molar-refractivity contribution is -0.278. The first-order valence-electron chi connectivity index (χ1n) is 6.30. The number of aromatic hydroxyl groups is 1. The van der Waals surface area contributed by atoms with Crippen LogP contribution in [0.5, 0.6) is 5.75 Å². The van der Waals surface area contributed by atoms with E-state index in [2.05, 4.69) is 0 Å². The van der Waals surface area contributed by atoms with Crippen LogP contribution in [0.25, 0.3) is 6.08 Å². The third-order valence-electron chi connectivity index (χ3n) is 3.17. The molecular weight excluding hydrogens is 264 g/mol. The van der Waals surface area contributed by atoms with E-state index in [4.69, 9.17) is 14.6 Å². The molecule has 5 atom stereocenters. The first kappa shape index (κ1) is 14.8. The second-order valence-corrected chi connectivity index (χ2v) is 4.71. The molecule has 20 heavy (non-hydrogen) atoms. The van der Waals surface area contributed by atoms with Crippen molar-refractivity contribution >= 4 is 6.08 Å². The van der Waals surface area contributed by atoms with E-state index >= 15 is 0 Å². The molecule has 1 aliphatic heterocycles. The highest BCUT2D eigenvalue weighted by Gasteiger charge is 2.42. The van der Waals surface area contributed by atoms with Gasteiger partial charge in [0.25, 0.3) is 0 Å². The highest BCUT2D eigenvalue weighted by Crippen LogP contribution is 2.22. The Labute approximate surface area is 116 Å². The minimum atomic E-state index is -1.33. The number of ether oxygens (including phenoxy) is 2. The Morgan fingerprint density at radius 3 is 2.35 bits per heavy atom. The standard InChI is InChI=1S/C14H18O6/c1-8-11(16)12(17)13(18)14(20-8)19-7-6-9-2-4-10(15)5-3-9/h2-8,11-18H,1H3. The minimum Gasteiger partial charge on any atom is -0.508 e. The summed E-state index contributed by atoms with van der Waals surface area (Å²) < 4.78 is 10.5. The van der Waals surface area contributed by atoms with Crippen LogP contribution in [0.4, 0.5) is 0 Å². The molecule has 1 heterocycles. The van der Waals surface area contributed by atoms with Gasteiger partial charge in [-0.25, -0.2) is 0 Å². The van der Waals surface area contributed by atoms with Crippen LogP contribution < -0.4 is 0 Å². The van der Waals surface area contributed by atoms with E-state index in [0.717, 1.165) is 5.56 Å². The summed E-state index contributed by atoms with van der Waals surface area (Å²) in [5.74, 6) is 0.167. The van der Waals surface area contributed by atoms with Gasteiger partial charge in [0.1, 0.15) is 24.1 Å². The molecule has 5 unspecified atom stereocenters. The topological polar surface area (TPSA) is 99.4 Å². The van der Waals surface area contributed by atoms with E-state index in [1.165, 1.54) is 18.4 Å². The van der Waals surface area contributed by atoms with Gasteiger partial charge in [0.2, 0.25) is 6.29 Å². The number of hydrogen-bond donors (Lipinski definition) is 4. The predicted molar refractivity (Wildman–Crippen MR) is 70.6 cm³/mol. The van der Waals surface area contributed by atoms with Crippen LogP contribution in [0.1, 0.15) is 12.5 Å². The van der Waals surface area contributed by atoms with Crippen molar-refractivity contribution in [1.82, 2.24) is 0 Å². The molecule has 1 aliphatic rings. The van der Waals surface area contributed by atoms with Gasteiger partial charge in [-0.1, -0.05) is 12.1 Å². The predicted octanol–water partition coefficient (Wildman–Crippen LogP) is 0.207. The van der Waals surface area contributed by atoms with Gasteiger partial charge in [-0.15, -0.1) is 0 Å². The normalized spacial score (nSPS) is 34.3. The number of aliphatic hydroxyl groups is 3. The molecule has 0 spiro atoms. The molecule has 110 valence electrons. The first-order chi connectivity index (χ1) is 9.49. The number of rotatable bonds is 3. The van der Waals surface area contributed by atoms with E-state index in [1.807, 2.05) is 0 Å². The summed E-state index contributed by atoms with van der Waals surface area (Å²) in [4.78, 5) is 0. The fraction of sp³-hybridized carbons (Fsp3) is 0.429. The average Bonchev–Trinajstić information content (AvgIpc) is 2.44. The number of benzene rings is 1. The SMILES string of the molecule is CC1OC(OC=Cc2ccc(O)cc2)C(O)C(O)C1O. The molecule has 0 radical (unpaired) electrons. The fourth-order valence-corrected chi connectivity index (χ4v) is 1.91. The lowest BCUT2D eigenvalue weighted by atomic mass is 10.0. The van der Waals surface area contributed by atoms with Crippen molar-refractivity contribution in [2.24, 2.45) is 0 Å². The molecule has 1 saturated heterocycles. The van der Waals surface area contributed by atoms with E-state index in [9.17, 15) is 15.3 Å². The highest BCUT2D eigenvalue weighted by atomic mass is 16.7. The van der Waals surface area contributed by atoms with Crippen molar-refractivity contribution in [3.05, 3.63) is 36.1 Å². The van der Waals surface area contributed by atoms with Crippen LogP contribution >= 0.6 is 0 Å². The third kappa shape index (κ3) is 3.29. The van der Waals surface area contributed by atoms with Gasteiger partial charge < -0.3 is 29.9 Å². The number of phenols is 1. The van der Waals surface area contributed by atoms with Gasteiger partial charge in [0.15, 0.2) is 0 Å². The van der Waals surface area contributed by atoms with Gasteiger partial charge in [-0.2, -0.15) is 0 Å². The minimum absolute atomic E-state index is 0.167.